The monoisotopic (exact) mass is 365 g/mol. The van der Waals surface area contributed by atoms with Crippen LogP contribution in [0.3, 0.4) is 0 Å². The Bertz CT molecular complexity index is 730. The molecule has 24 heavy (non-hydrogen) atoms. The molecule has 5 nitrogen and oxygen atoms in total. The van der Waals surface area contributed by atoms with Crippen LogP contribution in [0.4, 0.5) is 17.1 Å². The van der Waals surface area contributed by atoms with E-state index < -0.39 is 0 Å². The van der Waals surface area contributed by atoms with E-state index in [1.165, 1.54) is 0 Å². The fourth-order valence-electron chi connectivity index (χ4n) is 1.97. The third-order valence-corrected chi connectivity index (χ3v) is 3.50. The molecular weight excluding hydrogens is 349 g/mol. The average molecular weight is 366 g/mol. The van der Waals surface area contributed by atoms with E-state index in [-0.39, 0.29) is 18.4 Å². The lowest BCUT2D eigenvalue weighted by molar-refractivity contribution is -0.116. The molecule has 0 radical (unpaired) electrons. The van der Waals surface area contributed by atoms with E-state index in [1.54, 1.807) is 43.3 Å². The summed E-state index contributed by atoms with van der Waals surface area (Å²) in [5, 5.41) is 9.37. The molecule has 2 rings (SSSR count). The molecule has 0 aliphatic heterocycles. The molecule has 2 aromatic carbocycles. The zero-order valence-electron chi connectivity index (χ0n) is 13.0. The third kappa shape index (κ3) is 5.76. The van der Waals surface area contributed by atoms with Crippen LogP contribution in [0.2, 0.25) is 10.0 Å². The summed E-state index contributed by atoms with van der Waals surface area (Å²) >= 11 is 11.8. The van der Waals surface area contributed by atoms with E-state index in [0.29, 0.717) is 27.8 Å². The van der Waals surface area contributed by atoms with Crippen molar-refractivity contribution in [2.45, 2.75) is 13.3 Å². The van der Waals surface area contributed by atoms with Gasteiger partial charge in [0.2, 0.25) is 11.8 Å². The summed E-state index contributed by atoms with van der Waals surface area (Å²) in [6.45, 7) is 1.85. The molecular formula is C17H17Cl2N3O2. The van der Waals surface area contributed by atoms with E-state index in [1.807, 2.05) is 6.07 Å². The number of hydrogen-bond donors (Lipinski definition) is 3. The summed E-state index contributed by atoms with van der Waals surface area (Å²) < 4.78 is 0. The molecule has 2 amide bonds. The van der Waals surface area contributed by atoms with Crippen molar-refractivity contribution in [1.29, 1.82) is 0 Å². The Morgan fingerprint density at radius 2 is 1.50 bits per heavy atom. The van der Waals surface area contributed by atoms with Crippen LogP contribution in [0.1, 0.15) is 13.3 Å². The van der Waals surface area contributed by atoms with Crippen LogP contribution in [0.25, 0.3) is 0 Å². The molecule has 0 heterocycles. The minimum absolute atomic E-state index is 0.0648. The van der Waals surface area contributed by atoms with E-state index >= 15 is 0 Å². The molecule has 126 valence electrons. The maximum absolute atomic E-state index is 12.0. The normalized spacial score (nSPS) is 10.1. The summed E-state index contributed by atoms with van der Waals surface area (Å²) in [5.41, 5.74) is 1.93. The molecule has 0 unspecified atom stereocenters. The predicted molar refractivity (Wildman–Crippen MR) is 98.9 cm³/mol. The maximum atomic E-state index is 12.0. The highest BCUT2D eigenvalue weighted by Gasteiger charge is 2.05. The van der Waals surface area contributed by atoms with Crippen molar-refractivity contribution < 1.29 is 9.59 Å². The van der Waals surface area contributed by atoms with Crippen molar-refractivity contribution in [3.63, 3.8) is 0 Å². The van der Waals surface area contributed by atoms with Gasteiger partial charge in [-0.2, -0.15) is 0 Å². The molecule has 0 fully saturated rings. The number of benzene rings is 2. The molecule has 7 heteroatoms. The highest BCUT2D eigenvalue weighted by atomic mass is 35.5. The first-order valence-corrected chi connectivity index (χ1v) is 8.11. The highest BCUT2D eigenvalue weighted by molar-refractivity contribution is 6.35. The minimum atomic E-state index is -0.240. The number of carbonyl (C=O) groups excluding carboxylic acids is 2. The van der Waals surface area contributed by atoms with E-state index in [4.69, 9.17) is 23.2 Å². The molecule has 0 aromatic heterocycles. The second-order valence-corrected chi connectivity index (χ2v) is 5.92. The Morgan fingerprint density at radius 3 is 2.17 bits per heavy atom. The summed E-state index contributed by atoms with van der Waals surface area (Å²) in [5.74, 6) is -0.306. The molecule has 0 spiro atoms. The Labute approximate surface area is 150 Å². The highest BCUT2D eigenvalue weighted by Crippen LogP contribution is 2.22. The van der Waals surface area contributed by atoms with Gasteiger partial charge in [-0.05, 0) is 36.4 Å². The molecule has 3 N–H and O–H groups in total. The van der Waals surface area contributed by atoms with Crippen LogP contribution in [-0.4, -0.2) is 18.4 Å². The molecule has 0 aliphatic carbocycles. The first kappa shape index (κ1) is 18.1. The van der Waals surface area contributed by atoms with Gasteiger partial charge in [0.25, 0.3) is 0 Å². The molecule has 2 aromatic rings. The van der Waals surface area contributed by atoms with Gasteiger partial charge in [0.1, 0.15) is 0 Å². The van der Waals surface area contributed by atoms with Crippen LogP contribution < -0.4 is 16.0 Å². The number of halogens is 2. The number of anilines is 3. The smallest absolute Gasteiger partial charge is 0.243 e. The van der Waals surface area contributed by atoms with Crippen molar-refractivity contribution in [2.75, 3.05) is 22.5 Å². The van der Waals surface area contributed by atoms with Crippen LogP contribution in [0, 0.1) is 0 Å². The van der Waals surface area contributed by atoms with Crippen LogP contribution in [0.5, 0.6) is 0 Å². The summed E-state index contributed by atoms with van der Waals surface area (Å²) in [6, 6.07) is 12.0. The molecule has 0 saturated carbocycles. The lowest BCUT2D eigenvalue weighted by Crippen LogP contribution is -2.21. The first-order valence-electron chi connectivity index (χ1n) is 7.36. The van der Waals surface area contributed by atoms with Crippen molar-refractivity contribution in [1.82, 2.24) is 0 Å². The van der Waals surface area contributed by atoms with Gasteiger partial charge >= 0.3 is 0 Å². The van der Waals surface area contributed by atoms with Gasteiger partial charge in [-0.15, -0.1) is 0 Å². The number of hydrogen-bond acceptors (Lipinski definition) is 3. The van der Waals surface area contributed by atoms with Gasteiger partial charge in [-0.1, -0.05) is 36.2 Å². The number of nitrogens with one attached hydrogen (secondary N) is 3. The lowest BCUT2D eigenvalue weighted by atomic mass is 10.2. The standard InChI is InChI=1S/C17H17Cl2N3O2/c1-2-16(23)21-14-5-3-4-13(9-14)20-10-17(24)22-15-7-11(18)6-12(19)8-15/h3-9,20H,2,10H2,1H3,(H,21,23)(H,22,24). The van der Waals surface area contributed by atoms with E-state index in [2.05, 4.69) is 16.0 Å². The minimum Gasteiger partial charge on any atom is -0.376 e. The van der Waals surface area contributed by atoms with Crippen LogP contribution in [-0.2, 0) is 9.59 Å². The quantitative estimate of drug-likeness (QED) is 0.710. The first-order chi connectivity index (χ1) is 11.5. The van der Waals surface area contributed by atoms with Crippen molar-refractivity contribution in [2.24, 2.45) is 0 Å². The average Bonchev–Trinajstić information content (AvgIpc) is 2.52. The van der Waals surface area contributed by atoms with Gasteiger partial charge in [-0.25, -0.2) is 0 Å². The second-order valence-electron chi connectivity index (χ2n) is 5.04. The number of amides is 2. The topological polar surface area (TPSA) is 70.2 Å². The Morgan fingerprint density at radius 1 is 0.875 bits per heavy atom. The van der Waals surface area contributed by atoms with Gasteiger partial charge in [0.05, 0.1) is 6.54 Å². The summed E-state index contributed by atoms with van der Waals surface area (Å²) in [7, 11) is 0. The van der Waals surface area contributed by atoms with Crippen molar-refractivity contribution >= 4 is 52.1 Å². The van der Waals surface area contributed by atoms with Crippen LogP contribution in [0.15, 0.2) is 42.5 Å². The zero-order chi connectivity index (χ0) is 17.5. The molecule has 0 aliphatic rings. The fourth-order valence-corrected chi connectivity index (χ4v) is 2.50. The lowest BCUT2D eigenvalue weighted by Gasteiger charge is -2.10. The van der Waals surface area contributed by atoms with Crippen molar-refractivity contribution in [3.8, 4) is 0 Å². The van der Waals surface area contributed by atoms with Gasteiger partial charge in [0, 0.05) is 33.5 Å². The van der Waals surface area contributed by atoms with E-state index in [9.17, 15) is 9.59 Å². The summed E-state index contributed by atoms with van der Waals surface area (Å²) in [4.78, 5) is 23.4. The molecule has 0 atom stereocenters. The Kier molecular flexibility index (Phi) is 6.46. The maximum Gasteiger partial charge on any atom is 0.243 e. The molecule has 0 bridgehead atoms. The van der Waals surface area contributed by atoms with Gasteiger partial charge < -0.3 is 16.0 Å². The third-order valence-electron chi connectivity index (χ3n) is 3.07. The van der Waals surface area contributed by atoms with E-state index in [0.717, 1.165) is 5.69 Å². The Hall–Kier alpha value is -2.24. The van der Waals surface area contributed by atoms with Crippen molar-refractivity contribution in [3.05, 3.63) is 52.5 Å². The predicted octanol–water partition coefficient (Wildman–Crippen LogP) is 4.39. The largest absolute Gasteiger partial charge is 0.376 e. The zero-order valence-corrected chi connectivity index (χ0v) is 14.5. The second kappa shape index (κ2) is 8.57. The Balaban J connectivity index is 1.91. The SMILES string of the molecule is CCC(=O)Nc1cccc(NCC(=O)Nc2cc(Cl)cc(Cl)c2)c1. The van der Waals surface area contributed by atoms with Gasteiger partial charge in [0.15, 0.2) is 0 Å². The fraction of sp³-hybridized carbons (Fsp3) is 0.176. The summed E-state index contributed by atoms with van der Waals surface area (Å²) in [6.07, 6.45) is 0.405. The van der Waals surface area contributed by atoms with Crippen LogP contribution >= 0.6 is 23.2 Å². The van der Waals surface area contributed by atoms with Gasteiger partial charge in [-0.3, -0.25) is 9.59 Å². The number of carbonyl (C=O) groups is 2. The molecule has 0 saturated heterocycles. The number of rotatable bonds is 6.